The SMILES string of the molecule is CCCCCC(O)/C=C/C(O)C(O)CCCCCCCC(=O)SCCNC(=O)CCNC(=O)C(O)C(C)(C)COP(=O)(O)OP(=O)(O)OCC1OC(n2cnc3c(N)ncnc32)C(O)C1OP(=O)(O)O. The van der Waals surface area contributed by atoms with Crippen LogP contribution in [0.4, 0.5) is 5.82 Å². The minimum absolute atomic E-state index is 0.0227. The minimum Gasteiger partial charge on any atom is -0.390 e. The van der Waals surface area contributed by atoms with Crippen molar-refractivity contribution in [3.63, 3.8) is 0 Å². The predicted molar refractivity (Wildman–Crippen MR) is 251 cm³/mol. The Balaban J connectivity index is 1.30. The van der Waals surface area contributed by atoms with E-state index in [1.807, 2.05) is 0 Å². The standard InChI is InChI=1S/C39H68N7O20P3S/c1-4-5-9-12-25(47)15-16-27(49)26(48)13-10-7-6-8-11-14-30(51)70-20-19-41-29(50)17-18-42-37(54)34(53)39(2,3)22-63-69(60,61)66-68(58,59)62-21-28-33(65-67(55,56)57)32(52)38(64-28)46-24-45-31-35(40)43-23-44-36(31)46/h15-16,23-28,32-34,38,47-49,52-53H,4-14,17-22H2,1-3H3,(H,41,50)(H,42,54)(H,58,59)(H,60,61)(H2,40,43,44)(H2,55,56,57)/b16-15+. The van der Waals surface area contributed by atoms with Crippen LogP contribution in [0.3, 0.4) is 0 Å². The third kappa shape index (κ3) is 21.7. The van der Waals surface area contributed by atoms with Gasteiger partial charge in [0, 0.05) is 37.1 Å². The van der Waals surface area contributed by atoms with Crippen molar-refractivity contribution in [1.29, 1.82) is 0 Å². The number of fused-ring (bicyclic) bond motifs is 1. The highest BCUT2D eigenvalue weighted by Crippen LogP contribution is 2.61. The molecule has 27 nitrogen and oxygen atoms in total. The average molecular weight is 1080 g/mol. The van der Waals surface area contributed by atoms with Crippen molar-refractivity contribution in [3.8, 4) is 0 Å². The summed E-state index contributed by atoms with van der Waals surface area (Å²) in [7, 11) is -16.5. The average Bonchev–Trinajstić information content (AvgIpc) is 3.84. The van der Waals surface area contributed by atoms with Crippen LogP contribution in [-0.4, -0.2) is 156 Å². The Labute approximate surface area is 408 Å². The highest BCUT2D eigenvalue weighted by Gasteiger charge is 2.50. The van der Waals surface area contributed by atoms with E-state index >= 15 is 0 Å². The molecule has 2 aromatic heterocycles. The van der Waals surface area contributed by atoms with Gasteiger partial charge in [0.15, 0.2) is 22.8 Å². The number of aromatic nitrogens is 4. The fourth-order valence-electron chi connectivity index (χ4n) is 6.76. The van der Waals surface area contributed by atoms with Gasteiger partial charge >= 0.3 is 23.5 Å². The summed E-state index contributed by atoms with van der Waals surface area (Å²) in [4.78, 5) is 88.4. The Bertz CT molecular complexity index is 2150. The third-order valence-corrected chi connectivity index (χ3v) is 14.7. The van der Waals surface area contributed by atoms with E-state index in [4.69, 9.17) is 19.5 Å². The summed E-state index contributed by atoms with van der Waals surface area (Å²) in [5, 5.41) is 56.7. The molecule has 1 aliphatic heterocycles. The van der Waals surface area contributed by atoms with Gasteiger partial charge in [-0.15, -0.1) is 0 Å². The second kappa shape index (κ2) is 29.2. The number of nitrogens with two attached hydrogens (primary N) is 1. The molecular formula is C39H68N7O20P3S. The Morgan fingerprint density at radius 2 is 1.57 bits per heavy atom. The first-order chi connectivity index (χ1) is 32.8. The molecule has 3 heterocycles. The monoisotopic (exact) mass is 1080 g/mol. The molecule has 13 N–H and O–H groups in total. The number of nitrogens with zero attached hydrogens (tertiary/aromatic N) is 4. The molecule has 10 atom stereocenters. The van der Waals surface area contributed by atoms with Crippen LogP contribution in [0, 0.1) is 5.41 Å². The van der Waals surface area contributed by atoms with Crippen LogP contribution in [0.25, 0.3) is 11.2 Å². The minimum atomic E-state index is -5.59. The normalized spacial score (nSPS) is 21.3. The molecule has 2 aromatic rings. The molecule has 1 aliphatic rings. The molecule has 0 saturated carbocycles. The lowest BCUT2D eigenvalue weighted by molar-refractivity contribution is -0.137. The van der Waals surface area contributed by atoms with E-state index < -0.39 is 103 Å². The van der Waals surface area contributed by atoms with E-state index in [1.54, 1.807) is 0 Å². The number of thioether (sulfide) groups is 1. The van der Waals surface area contributed by atoms with Crippen molar-refractivity contribution >= 4 is 69.1 Å². The van der Waals surface area contributed by atoms with Gasteiger partial charge in [-0.2, -0.15) is 4.31 Å². The quantitative estimate of drug-likeness (QED) is 0.0269. The van der Waals surface area contributed by atoms with E-state index in [-0.39, 0.29) is 41.6 Å². The zero-order valence-corrected chi connectivity index (χ0v) is 42.6. The summed E-state index contributed by atoms with van der Waals surface area (Å²) in [5.74, 6) is -1.19. The number of nitrogens with one attached hydrogen (secondary N) is 2. The van der Waals surface area contributed by atoms with E-state index in [9.17, 15) is 73.2 Å². The number of nitrogen functional groups attached to an aromatic ring is 1. The Hall–Kier alpha value is -2.82. The molecule has 10 unspecified atom stereocenters. The molecule has 0 aliphatic carbocycles. The van der Waals surface area contributed by atoms with E-state index in [0.717, 1.165) is 67.5 Å². The summed E-state index contributed by atoms with van der Waals surface area (Å²) in [6.45, 7) is 2.46. The highest BCUT2D eigenvalue weighted by atomic mass is 32.2. The number of aliphatic hydroxyl groups is 5. The number of rotatable bonds is 34. The van der Waals surface area contributed by atoms with Crippen LogP contribution in [-0.2, 0) is 50.7 Å². The first-order valence-electron chi connectivity index (χ1n) is 22.5. The number of aliphatic hydroxyl groups excluding tert-OH is 5. The number of ether oxygens (including phenoxy) is 1. The second-order valence-electron chi connectivity index (χ2n) is 17.1. The number of imidazole rings is 1. The van der Waals surface area contributed by atoms with Crippen LogP contribution < -0.4 is 16.4 Å². The molecule has 1 saturated heterocycles. The van der Waals surface area contributed by atoms with Crippen molar-refractivity contribution < 1.29 is 95.8 Å². The number of unbranched alkanes of at least 4 members (excludes halogenated alkanes) is 6. The molecule has 0 aromatic carbocycles. The van der Waals surface area contributed by atoms with E-state index in [1.165, 1.54) is 26.0 Å². The molecular weight excluding hydrogens is 1010 g/mol. The number of anilines is 1. The van der Waals surface area contributed by atoms with Crippen molar-refractivity contribution in [3.05, 3.63) is 24.8 Å². The Morgan fingerprint density at radius 1 is 0.900 bits per heavy atom. The number of carbonyl (C=O) groups is 3. The molecule has 3 rings (SSSR count). The number of amides is 2. The smallest absolute Gasteiger partial charge is 0.390 e. The molecule has 0 radical (unpaired) electrons. The molecule has 400 valence electrons. The molecule has 70 heavy (non-hydrogen) atoms. The second-order valence-corrected chi connectivity index (χ2v) is 22.5. The van der Waals surface area contributed by atoms with Crippen molar-refractivity contribution in [2.75, 3.05) is 37.8 Å². The van der Waals surface area contributed by atoms with Gasteiger partial charge in [0.05, 0.1) is 37.9 Å². The maximum Gasteiger partial charge on any atom is 0.481 e. The van der Waals surface area contributed by atoms with Crippen molar-refractivity contribution in [2.24, 2.45) is 5.41 Å². The van der Waals surface area contributed by atoms with Gasteiger partial charge in [0.2, 0.25) is 11.8 Å². The van der Waals surface area contributed by atoms with Crippen molar-refractivity contribution in [2.45, 2.75) is 147 Å². The summed E-state index contributed by atoms with van der Waals surface area (Å²) < 4.78 is 62.4. The van der Waals surface area contributed by atoms with Gasteiger partial charge < -0.3 is 66.2 Å². The maximum atomic E-state index is 12.7. The number of carbonyl (C=O) groups excluding carboxylic acids is 3. The topological polar surface area (TPSA) is 424 Å². The first kappa shape index (κ1) is 61.5. The van der Waals surface area contributed by atoms with Gasteiger partial charge in [0.25, 0.3) is 0 Å². The van der Waals surface area contributed by atoms with E-state index in [2.05, 4.69) is 41.3 Å². The van der Waals surface area contributed by atoms with Gasteiger partial charge in [-0.25, -0.2) is 28.6 Å². The Kier molecular flexibility index (Phi) is 25.6. The van der Waals surface area contributed by atoms with Crippen LogP contribution in [0.1, 0.15) is 104 Å². The lowest BCUT2D eigenvalue weighted by Gasteiger charge is -2.30. The molecule has 0 bridgehead atoms. The number of phosphoric acid groups is 3. The van der Waals surface area contributed by atoms with Crippen molar-refractivity contribution in [1.82, 2.24) is 30.2 Å². The van der Waals surface area contributed by atoms with E-state index in [0.29, 0.717) is 37.9 Å². The van der Waals surface area contributed by atoms with Crippen LogP contribution in [0.2, 0.25) is 0 Å². The predicted octanol–water partition coefficient (Wildman–Crippen LogP) is 1.61. The van der Waals surface area contributed by atoms with Gasteiger partial charge in [-0.05, 0) is 19.3 Å². The molecule has 2 amide bonds. The molecule has 31 heteroatoms. The summed E-state index contributed by atoms with van der Waals surface area (Å²) >= 11 is 1.07. The molecule has 0 spiro atoms. The number of hydrogen-bond acceptors (Lipinski definition) is 21. The lowest BCUT2D eigenvalue weighted by Crippen LogP contribution is -2.46. The zero-order chi connectivity index (χ0) is 52.3. The number of phosphoric ester groups is 3. The fourth-order valence-corrected chi connectivity index (χ4v) is 10.3. The fraction of sp³-hybridized carbons (Fsp3) is 0.744. The van der Waals surface area contributed by atoms with Gasteiger partial charge in [-0.1, -0.05) is 89.6 Å². The summed E-state index contributed by atoms with van der Waals surface area (Å²) in [5.41, 5.74) is 4.23. The van der Waals surface area contributed by atoms with Crippen LogP contribution in [0.15, 0.2) is 24.8 Å². The van der Waals surface area contributed by atoms with Crippen LogP contribution in [0.5, 0.6) is 0 Å². The van der Waals surface area contributed by atoms with Gasteiger partial charge in [0.1, 0.15) is 36.3 Å². The van der Waals surface area contributed by atoms with Crippen LogP contribution >= 0.6 is 35.2 Å². The summed E-state index contributed by atoms with van der Waals surface area (Å²) in [6.07, 6.45) is 1.56. The zero-order valence-electron chi connectivity index (χ0n) is 39.1. The highest BCUT2D eigenvalue weighted by molar-refractivity contribution is 8.13. The van der Waals surface area contributed by atoms with Gasteiger partial charge in [-0.3, -0.25) is 32.5 Å². The maximum absolute atomic E-state index is 12.7. The number of hydrogen-bond donors (Lipinski definition) is 12. The molecule has 1 fully saturated rings. The first-order valence-corrected chi connectivity index (χ1v) is 28.0. The largest absolute Gasteiger partial charge is 0.481 e. The summed E-state index contributed by atoms with van der Waals surface area (Å²) in [6, 6.07) is 0. The third-order valence-electron chi connectivity index (χ3n) is 10.7. The Morgan fingerprint density at radius 3 is 2.27 bits per heavy atom. The lowest BCUT2D eigenvalue weighted by atomic mass is 9.87.